The molecular formula is C14H10F6. The molecule has 0 atom stereocenters. The molecule has 0 spiro atoms. The molecule has 0 heterocycles. The molecule has 0 N–H and O–H groups in total. The van der Waals surface area contributed by atoms with Crippen LogP contribution in [0.5, 0.6) is 0 Å². The first-order valence-corrected chi connectivity index (χ1v) is 5.79. The van der Waals surface area contributed by atoms with Gasteiger partial charge in [-0.05, 0) is 22.8 Å². The Morgan fingerprint density at radius 1 is 0.750 bits per heavy atom. The van der Waals surface area contributed by atoms with Gasteiger partial charge in [-0.25, -0.2) is 0 Å². The van der Waals surface area contributed by atoms with Crippen LogP contribution >= 0.6 is 0 Å². The number of benzene rings is 2. The van der Waals surface area contributed by atoms with Crippen LogP contribution in [-0.2, 0) is 6.42 Å². The maximum atomic E-state index is 12.5. The first kappa shape index (κ1) is 14.7. The molecule has 0 aliphatic rings. The Morgan fingerprint density at radius 2 is 1.30 bits per heavy atom. The number of rotatable bonds is 2. The second-order valence-corrected chi connectivity index (χ2v) is 4.52. The van der Waals surface area contributed by atoms with Gasteiger partial charge in [0, 0.05) is 0 Å². The van der Waals surface area contributed by atoms with E-state index in [1.54, 1.807) is 24.3 Å². The van der Waals surface area contributed by atoms with Crippen molar-refractivity contribution in [1.29, 1.82) is 0 Å². The standard InChI is InChI=1S/C14H10F6/c15-13(16,17)12(14(18,19)20)8-9-5-6-10-3-1-2-4-11(10)7-9/h1-7,12H,8H2. The third kappa shape index (κ3) is 3.23. The molecule has 0 unspecified atom stereocenters. The SMILES string of the molecule is FC(F)(F)C(Cc1ccc2ccccc2c1)C(F)(F)F. The van der Waals surface area contributed by atoms with Crippen molar-refractivity contribution in [1.82, 2.24) is 0 Å². The second-order valence-electron chi connectivity index (χ2n) is 4.52. The van der Waals surface area contributed by atoms with Gasteiger partial charge in [-0.15, -0.1) is 0 Å². The Morgan fingerprint density at radius 3 is 1.85 bits per heavy atom. The fraction of sp³-hybridized carbons (Fsp3) is 0.286. The summed E-state index contributed by atoms with van der Waals surface area (Å²) in [6.45, 7) is 0. The maximum absolute atomic E-state index is 12.5. The summed E-state index contributed by atoms with van der Waals surface area (Å²) in [5.74, 6) is -3.34. The summed E-state index contributed by atoms with van der Waals surface area (Å²) in [4.78, 5) is 0. The van der Waals surface area contributed by atoms with Crippen LogP contribution in [-0.4, -0.2) is 12.4 Å². The minimum Gasteiger partial charge on any atom is -0.170 e. The number of hydrogen-bond acceptors (Lipinski definition) is 0. The Balaban J connectivity index is 2.34. The summed E-state index contributed by atoms with van der Waals surface area (Å²) < 4.78 is 75.0. The fourth-order valence-corrected chi connectivity index (χ4v) is 2.02. The molecule has 0 aliphatic heterocycles. The Labute approximate surface area is 111 Å². The van der Waals surface area contributed by atoms with E-state index in [2.05, 4.69) is 0 Å². The van der Waals surface area contributed by atoms with Gasteiger partial charge in [-0.1, -0.05) is 42.5 Å². The molecule has 0 aromatic heterocycles. The van der Waals surface area contributed by atoms with Crippen molar-refractivity contribution >= 4 is 10.8 Å². The summed E-state index contributed by atoms with van der Waals surface area (Å²) in [6.07, 6.45) is -11.7. The third-order valence-corrected chi connectivity index (χ3v) is 3.04. The predicted molar refractivity (Wildman–Crippen MR) is 63.3 cm³/mol. The van der Waals surface area contributed by atoms with Gasteiger partial charge in [-0.3, -0.25) is 0 Å². The van der Waals surface area contributed by atoms with E-state index in [1.165, 1.54) is 18.2 Å². The molecule has 2 aromatic carbocycles. The van der Waals surface area contributed by atoms with Crippen molar-refractivity contribution in [3.05, 3.63) is 48.0 Å². The number of fused-ring (bicyclic) bond motifs is 1. The highest BCUT2D eigenvalue weighted by Gasteiger charge is 2.56. The first-order chi connectivity index (χ1) is 9.18. The molecule has 20 heavy (non-hydrogen) atoms. The zero-order chi connectivity index (χ0) is 15.0. The summed E-state index contributed by atoms with van der Waals surface area (Å²) in [6, 6.07) is 11.0. The normalized spacial score (nSPS) is 13.2. The molecule has 0 saturated carbocycles. The molecule has 108 valence electrons. The average molecular weight is 292 g/mol. The lowest BCUT2D eigenvalue weighted by Crippen LogP contribution is -2.37. The summed E-state index contributed by atoms with van der Waals surface area (Å²) in [7, 11) is 0. The number of alkyl halides is 6. The van der Waals surface area contributed by atoms with E-state index in [0.717, 1.165) is 5.39 Å². The van der Waals surface area contributed by atoms with Crippen molar-refractivity contribution in [2.45, 2.75) is 18.8 Å². The molecule has 0 nitrogen and oxygen atoms in total. The molecule has 2 aromatic rings. The van der Waals surface area contributed by atoms with E-state index in [4.69, 9.17) is 0 Å². The van der Waals surface area contributed by atoms with Crippen molar-refractivity contribution in [3.63, 3.8) is 0 Å². The van der Waals surface area contributed by atoms with Gasteiger partial charge in [0.15, 0.2) is 5.92 Å². The van der Waals surface area contributed by atoms with Crippen molar-refractivity contribution in [2.24, 2.45) is 5.92 Å². The summed E-state index contributed by atoms with van der Waals surface area (Å²) >= 11 is 0. The Bertz CT molecular complexity index is 582. The van der Waals surface area contributed by atoms with Crippen molar-refractivity contribution < 1.29 is 26.3 Å². The zero-order valence-corrected chi connectivity index (χ0v) is 10.1. The number of halogens is 6. The van der Waals surface area contributed by atoms with Crippen LogP contribution in [0.1, 0.15) is 5.56 Å². The van der Waals surface area contributed by atoms with Gasteiger partial charge >= 0.3 is 12.4 Å². The molecule has 0 saturated heterocycles. The minimum atomic E-state index is -5.30. The molecule has 0 bridgehead atoms. The van der Waals surface area contributed by atoms with Gasteiger partial charge in [-0.2, -0.15) is 26.3 Å². The fourth-order valence-electron chi connectivity index (χ4n) is 2.02. The molecule has 0 fully saturated rings. The monoisotopic (exact) mass is 292 g/mol. The topological polar surface area (TPSA) is 0 Å². The summed E-state index contributed by atoms with van der Waals surface area (Å²) in [5.41, 5.74) is 0.0170. The predicted octanol–water partition coefficient (Wildman–Crippen LogP) is 5.12. The van der Waals surface area contributed by atoms with E-state index in [9.17, 15) is 26.3 Å². The number of hydrogen-bond donors (Lipinski definition) is 0. The average Bonchev–Trinajstić information content (AvgIpc) is 2.33. The highest BCUT2D eigenvalue weighted by Crippen LogP contribution is 2.41. The maximum Gasteiger partial charge on any atom is 0.400 e. The van der Waals surface area contributed by atoms with Gasteiger partial charge in [0.25, 0.3) is 0 Å². The first-order valence-electron chi connectivity index (χ1n) is 5.79. The van der Waals surface area contributed by atoms with Crippen LogP contribution in [0.25, 0.3) is 10.8 Å². The van der Waals surface area contributed by atoms with Gasteiger partial charge in [0.05, 0.1) is 0 Å². The lowest BCUT2D eigenvalue weighted by Gasteiger charge is -2.23. The van der Waals surface area contributed by atoms with Crippen molar-refractivity contribution in [2.75, 3.05) is 0 Å². The Kier molecular flexibility index (Phi) is 3.67. The molecule has 0 amide bonds. The van der Waals surface area contributed by atoms with E-state index >= 15 is 0 Å². The molecule has 0 aliphatic carbocycles. The zero-order valence-electron chi connectivity index (χ0n) is 10.1. The van der Waals surface area contributed by atoms with E-state index < -0.39 is 24.7 Å². The van der Waals surface area contributed by atoms with Crippen LogP contribution in [0, 0.1) is 5.92 Å². The smallest absolute Gasteiger partial charge is 0.170 e. The lowest BCUT2D eigenvalue weighted by atomic mass is 9.96. The molecule has 2 rings (SSSR count). The minimum absolute atomic E-state index is 0.0170. The highest BCUT2D eigenvalue weighted by atomic mass is 19.4. The Hall–Kier alpha value is -1.72. The van der Waals surface area contributed by atoms with Crippen LogP contribution in [0.2, 0.25) is 0 Å². The quantitative estimate of drug-likeness (QED) is 0.674. The van der Waals surface area contributed by atoms with Gasteiger partial charge < -0.3 is 0 Å². The van der Waals surface area contributed by atoms with Crippen LogP contribution in [0.4, 0.5) is 26.3 Å². The highest BCUT2D eigenvalue weighted by molar-refractivity contribution is 5.82. The molecule has 0 radical (unpaired) electrons. The largest absolute Gasteiger partial charge is 0.400 e. The summed E-state index contributed by atoms with van der Waals surface area (Å²) in [5, 5.41) is 1.39. The van der Waals surface area contributed by atoms with Crippen LogP contribution in [0.15, 0.2) is 42.5 Å². The van der Waals surface area contributed by atoms with Gasteiger partial charge in [0.2, 0.25) is 0 Å². The van der Waals surface area contributed by atoms with Crippen LogP contribution in [0.3, 0.4) is 0 Å². The molecule has 6 heteroatoms. The van der Waals surface area contributed by atoms with E-state index in [0.29, 0.717) is 5.39 Å². The lowest BCUT2D eigenvalue weighted by molar-refractivity contribution is -0.283. The van der Waals surface area contributed by atoms with Crippen LogP contribution < -0.4 is 0 Å². The second kappa shape index (κ2) is 5.00. The van der Waals surface area contributed by atoms with Crippen molar-refractivity contribution in [3.8, 4) is 0 Å². The van der Waals surface area contributed by atoms with E-state index in [1.807, 2.05) is 0 Å². The third-order valence-electron chi connectivity index (χ3n) is 3.04. The van der Waals surface area contributed by atoms with Gasteiger partial charge in [0.1, 0.15) is 0 Å². The molecular weight excluding hydrogens is 282 g/mol. The van der Waals surface area contributed by atoms with E-state index in [-0.39, 0.29) is 5.56 Å².